The van der Waals surface area contributed by atoms with Gasteiger partial charge in [-0.25, -0.2) is 8.78 Å². The monoisotopic (exact) mass is 656 g/mol. The number of anilines is 6. The molecular formula is C44H30F2N2O2. The molecule has 0 spiro atoms. The van der Waals surface area contributed by atoms with E-state index in [1.54, 1.807) is 24.3 Å². The van der Waals surface area contributed by atoms with E-state index >= 15 is 8.78 Å². The quantitative estimate of drug-likeness (QED) is 0.184. The SMILES string of the molecule is CCc1c(N2c3ccccc3Oc3ccccc32)c(-c2cccc(F)c2)cc(-c2cccc(F)c2)c1N1c2ccccc2Oc2ccccc21. The highest BCUT2D eigenvalue weighted by Gasteiger charge is 2.35. The van der Waals surface area contributed by atoms with Crippen LogP contribution in [-0.4, -0.2) is 0 Å². The van der Waals surface area contributed by atoms with Gasteiger partial charge < -0.3 is 19.3 Å². The predicted octanol–water partition coefficient (Wildman–Crippen LogP) is 13.0. The molecule has 2 heterocycles. The third-order valence-corrected chi connectivity index (χ3v) is 9.31. The maximum Gasteiger partial charge on any atom is 0.151 e. The highest BCUT2D eigenvalue weighted by atomic mass is 19.1. The van der Waals surface area contributed by atoms with Crippen molar-refractivity contribution in [1.29, 1.82) is 0 Å². The normalized spacial score (nSPS) is 12.6. The van der Waals surface area contributed by atoms with Crippen molar-refractivity contribution >= 4 is 34.1 Å². The van der Waals surface area contributed by atoms with Crippen LogP contribution in [0.15, 0.2) is 152 Å². The number of hydrogen-bond acceptors (Lipinski definition) is 4. The summed E-state index contributed by atoms with van der Waals surface area (Å²) < 4.78 is 43.2. The van der Waals surface area contributed by atoms with Gasteiger partial charge in [-0.1, -0.05) is 79.7 Å². The van der Waals surface area contributed by atoms with Crippen molar-refractivity contribution in [3.63, 3.8) is 0 Å². The highest BCUT2D eigenvalue weighted by Crippen LogP contribution is 2.59. The molecule has 6 heteroatoms. The molecule has 0 fully saturated rings. The van der Waals surface area contributed by atoms with Crippen LogP contribution in [0.4, 0.5) is 42.9 Å². The molecule has 0 aliphatic carbocycles. The van der Waals surface area contributed by atoms with Crippen molar-refractivity contribution in [2.75, 3.05) is 9.80 Å². The van der Waals surface area contributed by atoms with Gasteiger partial charge in [-0.15, -0.1) is 0 Å². The van der Waals surface area contributed by atoms with Gasteiger partial charge in [0.25, 0.3) is 0 Å². The van der Waals surface area contributed by atoms with Gasteiger partial charge in [0.15, 0.2) is 23.0 Å². The third kappa shape index (κ3) is 4.79. The first-order chi connectivity index (χ1) is 24.6. The van der Waals surface area contributed by atoms with Gasteiger partial charge in [0.05, 0.1) is 34.1 Å². The van der Waals surface area contributed by atoms with Crippen molar-refractivity contribution in [1.82, 2.24) is 0 Å². The second kappa shape index (κ2) is 11.9. The van der Waals surface area contributed by atoms with Crippen LogP contribution in [0.5, 0.6) is 23.0 Å². The molecule has 9 rings (SSSR count). The van der Waals surface area contributed by atoms with Crippen LogP contribution in [0.25, 0.3) is 22.3 Å². The van der Waals surface area contributed by atoms with Crippen LogP contribution in [0.3, 0.4) is 0 Å². The molecule has 0 bridgehead atoms. The Hall–Kier alpha value is -6.40. The first-order valence-electron chi connectivity index (χ1n) is 16.6. The van der Waals surface area contributed by atoms with Crippen LogP contribution in [-0.2, 0) is 6.42 Å². The second-order valence-electron chi connectivity index (χ2n) is 12.3. The van der Waals surface area contributed by atoms with Gasteiger partial charge in [0.1, 0.15) is 11.6 Å². The van der Waals surface area contributed by atoms with Crippen LogP contribution in [0, 0.1) is 11.6 Å². The Labute approximate surface area is 289 Å². The van der Waals surface area contributed by atoms with Crippen LogP contribution in [0.2, 0.25) is 0 Å². The molecule has 0 atom stereocenters. The molecule has 4 nitrogen and oxygen atoms in total. The Morgan fingerprint density at radius 3 is 1.14 bits per heavy atom. The Kier molecular flexibility index (Phi) is 7.09. The largest absolute Gasteiger partial charge is 0.453 e. The Balaban J connectivity index is 1.47. The van der Waals surface area contributed by atoms with Crippen LogP contribution >= 0.6 is 0 Å². The van der Waals surface area contributed by atoms with Gasteiger partial charge in [-0.05, 0) is 96.4 Å². The summed E-state index contributed by atoms with van der Waals surface area (Å²) in [6.45, 7) is 2.13. The smallest absolute Gasteiger partial charge is 0.151 e. The van der Waals surface area contributed by atoms with Crippen molar-refractivity contribution in [3.05, 3.63) is 169 Å². The van der Waals surface area contributed by atoms with Gasteiger partial charge in [0, 0.05) is 16.7 Å². The Morgan fingerprint density at radius 2 is 0.800 bits per heavy atom. The molecule has 0 radical (unpaired) electrons. The molecular weight excluding hydrogens is 626 g/mol. The zero-order valence-corrected chi connectivity index (χ0v) is 27.1. The molecule has 0 N–H and O–H groups in total. The fraction of sp³-hybridized carbons (Fsp3) is 0.0455. The van der Waals surface area contributed by atoms with E-state index < -0.39 is 0 Å². The van der Waals surface area contributed by atoms with E-state index in [1.165, 1.54) is 12.1 Å². The molecule has 2 aliphatic heterocycles. The maximum atomic E-state index is 15.2. The molecule has 0 unspecified atom stereocenters. The molecule has 2 aliphatic rings. The molecule has 50 heavy (non-hydrogen) atoms. The number of rotatable bonds is 5. The van der Waals surface area contributed by atoms with E-state index in [4.69, 9.17) is 9.47 Å². The van der Waals surface area contributed by atoms with Gasteiger partial charge in [0.2, 0.25) is 0 Å². The summed E-state index contributed by atoms with van der Waals surface area (Å²) in [6.07, 6.45) is 0.583. The number of para-hydroxylation sites is 8. The standard InChI is InChI=1S/C44H30F2N2O2/c1-2-32-43(47-35-17-3-7-21-39(35)49-40-22-8-4-18-36(40)47)33(28-13-11-15-30(45)25-28)27-34(29-14-12-16-31(46)26-29)44(32)48-37-19-5-9-23-41(37)50-42-24-10-6-20-38(42)48/h3-27H,2H2,1H3. The lowest BCUT2D eigenvalue weighted by Gasteiger charge is -2.40. The van der Waals surface area contributed by atoms with E-state index in [9.17, 15) is 0 Å². The first-order valence-corrected chi connectivity index (χ1v) is 16.6. The van der Waals surface area contributed by atoms with Gasteiger partial charge in [-0.3, -0.25) is 0 Å². The van der Waals surface area contributed by atoms with E-state index in [0.29, 0.717) is 40.5 Å². The predicted molar refractivity (Wildman–Crippen MR) is 196 cm³/mol. The fourth-order valence-corrected chi connectivity index (χ4v) is 7.21. The molecule has 7 aromatic rings. The van der Waals surface area contributed by atoms with Crippen molar-refractivity contribution in [2.45, 2.75) is 13.3 Å². The van der Waals surface area contributed by atoms with E-state index in [1.807, 2.05) is 109 Å². The summed E-state index contributed by atoms with van der Waals surface area (Å²) in [5.74, 6) is 2.13. The van der Waals surface area contributed by atoms with Gasteiger partial charge in [-0.2, -0.15) is 0 Å². The average molecular weight is 657 g/mol. The summed E-state index contributed by atoms with van der Waals surface area (Å²) in [7, 11) is 0. The number of hydrogen-bond donors (Lipinski definition) is 0. The van der Waals surface area contributed by atoms with Crippen molar-refractivity contribution in [3.8, 4) is 45.3 Å². The number of nitrogens with zero attached hydrogens (tertiary/aromatic N) is 2. The summed E-state index contributed by atoms with van der Waals surface area (Å²) in [5, 5.41) is 0. The first kappa shape index (κ1) is 29.7. The number of fused-ring (bicyclic) bond motifs is 4. The Morgan fingerprint density at radius 1 is 0.440 bits per heavy atom. The second-order valence-corrected chi connectivity index (χ2v) is 12.3. The number of benzene rings is 7. The molecule has 0 aromatic heterocycles. The summed E-state index contributed by atoms with van der Waals surface area (Å²) >= 11 is 0. The van der Waals surface area contributed by atoms with Crippen LogP contribution < -0.4 is 19.3 Å². The van der Waals surface area contributed by atoms with E-state index in [-0.39, 0.29) is 11.6 Å². The number of ether oxygens (including phenoxy) is 2. The average Bonchev–Trinajstić information content (AvgIpc) is 3.15. The lowest BCUT2D eigenvalue weighted by atomic mass is 9.88. The zero-order valence-electron chi connectivity index (χ0n) is 27.1. The highest BCUT2D eigenvalue weighted by molar-refractivity contribution is 6.04. The van der Waals surface area contributed by atoms with Gasteiger partial charge >= 0.3 is 0 Å². The molecule has 242 valence electrons. The van der Waals surface area contributed by atoms with E-state index in [0.717, 1.165) is 50.8 Å². The van der Waals surface area contributed by atoms with Crippen LogP contribution in [0.1, 0.15) is 12.5 Å². The molecule has 0 saturated heterocycles. The summed E-state index contributed by atoms with van der Waals surface area (Å²) in [6, 6.07) is 47.2. The molecule has 7 aromatic carbocycles. The Bertz CT molecular complexity index is 2190. The lowest BCUT2D eigenvalue weighted by molar-refractivity contribution is 0.477. The number of halogens is 2. The third-order valence-electron chi connectivity index (χ3n) is 9.31. The summed E-state index contributed by atoms with van der Waals surface area (Å²) in [4.78, 5) is 4.45. The fourth-order valence-electron chi connectivity index (χ4n) is 7.21. The lowest BCUT2D eigenvalue weighted by Crippen LogP contribution is -2.22. The minimum atomic E-state index is -0.346. The zero-order chi connectivity index (χ0) is 33.8. The molecule has 0 amide bonds. The minimum absolute atomic E-state index is 0.346. The van der Waals surface area contributed by atoms with Crippen molar-refractivity contribution in [2.24, 2.45) is 0 Å². The minimum Gasteiger partial charge on any atom is -0.453 e. The van der Waals surface area contributed by atoms with E-state index in [2.05, 4.69) is 22.8 Å². The van der Waals surface area contributed by atoms with Crippen molar-refractivity contribution < 1.29 is 18.3 Å². The molecule has 0 saturated carbocycles. The topological polar surface area (TPSA) is 24.9 Å². The summed E-state index contributed by atoms with van der Waals surface area (Å²) in [5.41, 5.74) is 9.12. The maximum absolute atomic E-state index is 15.2.